The van der Waals surface area contributed by atoms with Gasteiger partial charge in [-0.15, -0.1) is 0 Å². The maximum absolute atomic E-state index is 11.1. The topological polar surface area (TPSA) is 149 Å². The lowest BCUT2D eigenvalue weighted by molar-refractivity contribution is -0.147. The Kier molecular flexibility index (Phi) is 7.27. The lowest BCUT2D eigenvalue weighted by atomic mass is 9.85. The minimum Gasteiger partial charge on any atom is -0.481 e. The first kappa shape index (κ1) is 17.9. The Morgan fingerprint density at radius 1 is 0.800 bits per heavy atom. The molecule has 0 rings (SSSR count). The van der Waals surface area contributed by atoms with Crippen LogP contribution in [0.5, 0.6) is 0 Å². The Labute approximate surface area is 115 Å². The zero-order chi connectivity index (χ0) is 15.9. The Bertz CT molecular complexity index is 389. The second-order valence-electron chi connectivity index (χ2n) is 4.71. The molecule has 0 fully saturated rings. The molecule has 0 aromatic heterocycles. The summed E-state index contributed by atoms with van der Waals surface area (Å²) in [6.45, 7) is 1.34. The predicted molar refractivity (Wildman–Crippen MR) is 65.2 cm³/mol. The highest BCUT2D eigenvalue weighted by atomic mass is 16.4. The fourth-order valence-electron chi connectivity index (χ4n) is 1.81. The number of carboxylic acid groups (broad SMARTS) is 4. The van der Waals surface area contributed by atoms with Gasteiger partial charge in [-0.2, -0.15) is 0 Å². The molecule has 0 aliphatic carbocycles. The molecule has 0 saturated heterocycles. The second kappa shape index (κ2) is 8.13. The Morgan fingerprint density at radius 2 is 1.30 bits per heavy atom. The predicted octanol–water partition coefficient (Wildman–Crippen LogP) is 0.754. The van der Waals surface area contributed by atoms with Crippen molar-refractivity contribution in [2.24, 2.45) is 17.8 Å². The van der Waals surface area contributed by atoms with E-state index in [1.807, 2.05) is 0 Å². The average molecular weight is 290 g/mol. The van der Waals surface area contributed by atoms with Crippen molar-refractivity contribution in [1.82, 2.24) is 0 Å². The van der Waals surface area contributed by atoms with E-state index < -0.39 is 41.6 Å². The van der Waals surface area contributed by atoms with Gasteiger partial charge in [0.25, 0.3) is 0 Å². The van der Waals surface area contributed by atoms with Crippen LogP contribution in [0.15, 0.2) is 0 Å². The summed E-state index contributed by atoms with van der Waals surface area (Å²) in [7, 11) is 0. The molecule has 3 atom stereocenters. The van der Waals surface area contributed by atoms with Crippen LogP contribution in [0.4, 0.5) is 0 Å². The smallest absolute Gasteiger partial charge is 0.306 e. The van der Waals surface area contributed by atoms with E-state index in [2.05, 4.69) is 0 Å². The number of carbonyl (C=O) groups is 4. The van der Waals surface area contributed by atoms with Crippen LogP contribution in [0.2, 0.25) is 0 Å². The third-order valence-corrected chi connectivity index (χ3v) is 3.03. The molecule has 20 heavy (non-hydrogen) atoms. The fraction of sp³-hybridized carbons (Fsp3) is 0.667. The standard InChI is InChI=1S/C12H18O8/c1-6(10(15)16)4-8(12(19)20)5-7(11(17)18)2-3-9(13)14/h6-8H,2-5H2,1H3,(H,13,14)(H,15,16)(H,17,18)(H,19,20)/t6-,7-,8-/m1/s1. The lowest BCUT2D eigenvalue weighted by Crippen LogP contribution is -2.26. The summed E-state index contributed by atoms with van der Waals surface area (Å²) in [5.41, 5.74) is 0. The average Bonchev–Trinajstić information content (AvgIpc) is 2.31. The van der Waals surface area contributed by atoms with Crippen molar-refractivity contribution >= 4 is 23.9 Å². The molecule has 0 aliphatic heterocycles. The first-order valence-electron chi connectivity index (χ1n) is 6.05. The van der Waals surface area contributed by atoms with Crippen molar-refractivity contribution in [2.45, 2.75) is 32.6 Å². The van der Waals surface area contributed by atoms with Crippen molar-refractivity contribution < 1.29 is 39.6 Å². The number of aliphatic carboxylic acids is 4. The molecule has 0 radical (unpaired) electrons. The van der Waals surface area contributed by atoms with Crippen LogP contribution in [0.3, 0.4) is 0 Å². The maximum Gasteiger partial charge on any atom is 0.306 e. The van der Waals surface area contributed by atoms with Crippen LogP contribution in [0, 0.1) is 17.8 Å². The Morgan fingerprint density at radius 3 is 1.65 bits per heavy atom. The SMILES string of the molecule is C[C@H](C[C@H](C[C@@H](CCC(=O)O)C(=O)O)C(=O)O)C(=O)O. The highest BCUT2D eigenvalue weighted by Crippen LogP contribution is 2.24. The first-order valence-corrected chi connectivity index (χ1v) is 6.05. The molecule has 0 saturated carbocycles. The molecule has 0 unspecified atom stereocenters. The fourth-order valence-corrected chi connectivity index (χ4v) is 1.81. The Balaban J connectivity index is 4.74. The number of rotatable bonds is 10. The first-order chi connectivity index (χ1) is 9.15. The zero-order valence-electron chi connectivity index (χ0n) is 11.0. The van der Waals surface area contributed by atoms with Gasteiger partial charge in [0, 0.05) is 6.42 Å². The molecule has 4 N–H and O–H groups in total. The van der Waals surface area contributed by atoms with Gasteiger partial charge in [-0.25, -0.2) is 0 Å². The normalized spacial score (nSPS) is 15.1. The summed E-state index contributed by atoms with van der Waals surface area (Å²) in [6.07, 6.45) is -1.04. The Hall–Kier alpha value is -2.12. The van der Waals surface area contributed by atoms with Gasteiger partial charge in [-0.1, -0.05) is 6.92 Å². The van der Waals surface area contributed by atoms with E-state index in [0.29, 0.717) is 0 Å². The van der Waals surface area contributed by atoms with Crippen LogP contribution < -0.4 is 0 Å². The minimum atomic E-state index is -1.28. The van der Waals surface area contributed by atoms with Crippen LogP contribution in [-0.2, 0) is 19.2 Å². The maximum atomic E-state index is 11.1. The molecule has 0 aromatic rings. The summed E-state index contributed by atoms with van der Waals surface area (Å²) in [4.78, 5) is 43.2. The van der Waals surface area contributed by atoms with Crippen LogP contribution in [-0.4, -0.2) is 44.3 Å². The van der Waals surface area contributed by atoms with Crippen molar-refractivity contribution in [3.63, 3.8) is 0 Å². The summed E-state index contributed by atoms with van der Waals surface area (Å²) in [5, 5.41) is 35.2. The summed E-state index contributed by atoms with van der Waals surface area (Å²) >= 11 is 0. The molecular weight excluding hydrogens is 272 g/mol. The molecule has 8 heteroatoms. The van der Waals surface area contributed by atoms with E-state index in [1.165, 1.54) is 6.92 Å². The van der Waals surface area contributed by atoms with Crippen LogP contribution in [0.25, 0.3) is 0 Å². The number of hydrogen-bond acceptors (Lipinski definition) is 4. The largest absolute Gasteiger partial charge is 0.481 e. The van der Waals surface area contributed by atoms with Gasteiger partial charge >= 0.3 is 23.9 Å². The third kappa shape index (κ3) is 6.72. The lowest BCUT2D eigenvalue weighted by Gasteiger charge is -2.19. The van der Waals surface area contributed by atoms with Gasteiger partial charge < -0.3 is 20.4 Å². The van der Waals surface area contributed by atoms with Gasteiger partial charge in [-0.05, 0) is 19.3 Å². The monoisotopic (exact) mass is 290 g/mol. The molecule has 0 aromatic carbocycles. The van der Waals surface area contributed by atoms with Gasteiger partial charge in [0.2, 0.25) is 0 Å². The van der Waals surface area contributed by atoms with Gasteiger partial charge in [0.05, 0.1) is 17.8 Å². The molecule has 114 valence electrons. The summed E-state index contributed by atoms with van der Waals surface area (Å²) in [6, 6.07) is 0. The van der Waals surface area contributed by atoms with Crippen molar-refractivity contribution in [1.29, 1.82) is 0 Å². The van der Waals surface area contributed by atoms with Crippen LogP contribution >= 0.6 is 0 Å². The van der Waals surface area contributed by atoms with E-state index in [-0.39, 0.29) is 25.7 Å². The molecule has 0 amide bonds. The van der Waals surface area contributed by atoms with Gasteiger partial charge in [0.15, 0.2) is 0 Å². The minimum absolute atomic E-state index is 0.185. The number of hydrogen-bond donors (Lipinski definition) is 4. The van der Waals surface area contributed by atoms with E-state index >= 15 is 0 Å². The van der Waals surface area contributed by atoms with Crippen molar-refractivity contribution in [2.75, 3.05) is 0 Å². The molecule has 0 aliphatic rings. The molecule has 8 nitrogen and oxygen atoms in total. The van der Waals surface area contributed by atoms with Gasteiger partial charge in [-0.3, -0.25) is 19.2 Å². The van der Waals surface area contributed by atoms with Crippen LogP contribution in [0.1, 0.15) is 32.6 Å². The quantitative estimate of drug-likeness (QED) is 0.460. The van der Waals surface area contributed by atoms with E-state index in [1.54, 1.807) is 0 Å². The molecular formula is C12H18O8. The van der Waals surface area contributed by atoms with E-state index in [4.69, 9.17) is 20.4 Å². The molecule has 0 heterocycles. The number of carboxylic acids is 4. The van der Waals surface area contributed by atoms with Crippen molar-refractivity contribution in [3.8, 4) is 0 Å². The van der Waals surface area contributed by atoms with Gasteiger partial charge in [0.1, 0.15) is 0 Å². The highest BCUT2D eigenvalue weighted by molar-refractivity contribution is 5.76. The molecule has 0 spiro atoms. The third-order valence-electron chi connectivity index (χ3n) is 3.03. The summed E-state index contributed by atoms with van der Waals surface area (Å²) in [5.74, 6) is -8.04. The summed E-state index contributed by atoms with van der Waals surface area (Å²) < 4.78 is 0. The zero-order valence-corrected chi connectivity index (χ0v) is 11.0. The second-order valence-corrected chi connectivity index (χ2v) is 4.71. The highest BCUT2D eigenvalue weighted by Gasteiger charge is 2.30. The van der Waals surface area contributed by atoms with Crippen molar-refractivity contribution in [3.05, 3.63) is 0 Å². The van der Waals surface area contributed by atoms with E-state index in [0.717, 1.165) is 0 Å². The van der Waals surface area contributed by atoms with E-state index in [9.17, 15) is 19.2 Å². The molecule has 0 bridgehead atoms.